The van der Waals surface area contributed by atoms with Gasteiger partial charge in [-0.1, -0.05) is 30.4 Å². The fraction of sp³-hybridized carbons (Fsp3) is 0.389. The van der Waals surface area contributed by atoms with Crippen LogP contribution in [0.25, 0.3) is 10.9 Å². The Morgan fingerprint density at radius 1 is 1.19 bits per heavy atom. The van der Waals surface area contributed by atoms with Gasteiger partial charge in [0.1, 0.15) is 6.54 Å². The SMILES string of the molecule is O=C(Cn1ccc2ccccc21)NC[C@@H]1C[C@H]2C=C[C@@H]1C2. The van der Waals surface area contributed by atoms with Gasteiger partial charge in [-0.25, -0.2) is 0 Å². The van der Waals surface area contributed by atoms with Gasteiger partial charge in [0.2, 0.25) is 5.91 Å². The molecule has 2 aliphatic carbocycles. The van der Waals surface area contributed by atoms with Gasteiger partial charge in [-0.2, -0.15) is 0 Å². The second-order valence-electron chi connectivity index (χ2n) is 6.35. The number of para-hydroxylation sites is 1. The summed E-state index contributed by atoms with van der Waals surface area (Å²) in [4.78, 5) is 12.2. The number of allylic oxidation sites excluding steroid dienone is 2. The van der Waals surface area contributed by atoms with E-state index in [0.717, 1.165) is 18.0 Å². The highest BCUT2D eigenvalue weighted by molar-refractivity contribution is 5.83. The minimum Gasteiger partial charge on any atom is -0.354 e. The predicted molar refractivity (Wildman–Crippen MR) is 83.8 cm³/mol. The molecular formula is C18H20N2O. The maximum atomic E-state index is 12.2. The second-order valence-corrected chi connectivity index (χ2v) is 6.35. The highest BCUT2D eigenvalue weighted by Crippen LogP contribution is 2.42. The molecule has 2 aromatic rings. The molecular weight excluding hydrogens is 260 g/mol. The average Bonchev–Trinajstić information content (AvgIpc) is 3.21. The number of hydrogen-bond donors (Lipinski definition) is 1. The molecule has 1 saturated carbocycles. The quantitative estimate of drug-likeness (QED) is 0.858. The zero-order valence-corrected chi connectivity index (χ0v) is 12.0. The molecule has 0 unspecified atom stereocenters. The van der Waals surface area contributed by atoms with E-state index in [-0.39, 0.29) is 5.91 Å². The van der Waals surface area contributed by atoms with Gasteiger partial charge in [-0.3, -0.25) is 4.79 Å². The summed E-state index contributed by atoms with van der Waals surface area (Å²) in [6, 6.07) is 10.2. The molecule has 4 rings (SSSR count). The van der Waals surface area contributed by atoms with Crippen molar-refractivity contribution < 1.29 is 4.79 Å². The van der Waals surface area contributed by atoms with Crippen LogP contribution in [0, 0.1) is 17.8 Å². The molecule has 2 aliphatic rings. The summed E-state index contributed by atoms with van der Waals surface area (Å²) in [6.45, 7) is 1.23. The minimum atomic E-state index is 0.114. The first-order chi connectivity index (χ1) is 10.3. The molecule has 1 aromatic heterocycles. The van der Waals surface area contributed by atoms with Crippen LogP contribution in [0.5, 0.6) is 0 Å². The smallest absolute Gasteiger partial charge is 0.239 e. The van der Waals surface area contributed by atoms with Crippen molar-refractivity contribution in [1.29, 1.82) is 0 Å². The molecule has 1 N–H and O–H groups in total. The summed E-state index contributed by atoms with van der Waals surface area (Å²) >= 11 is 0. The molecule has 0 aliphatic heterocycles. The van der Waals surface area contributed by atoms with E-state index in [1.54, 1.807) is 0 Å². The Balaban J connectivity index is 1.37. The Morgan fingerprint density at radius 3 is 2.90 bits per heavy atom. The lowest BCUT2D eigenvalue weighted by Crippen LogP contribution is -2.33. The highest BCUT2D eigenvalue weighted by atomic mass is 16.1. The van der Waals surface area contributed by atoms with Crippen molar-refractivity contribution >= 4 is 16.8 Å². The zero-order chi connectivity index (χ0) is 14.2. The Bertz CT molecular complexity index is 700. The van der Waals surface area contributed by atoms with Crippen LogP contribution in [0.4, 0.5) is 0 Å². The second kappa shape index (κ2) is 5.06. The number of hydrogen-bond acceptors (Lipinski definition) is 1. The van der Waals surface area contributed by atoms with E-state index in [9.17, 15) is 4.79 Å². The molecule has 21 heavy (non-hydrogen) atoms. The standard InChI is InChI=1S/C18H20N2O/c21-18(19-11-16-10-13-5-6-15(16)9-13)12-20-8-7-14-3-1-2-4-17(14)20/h1-8,13,15-16H,9-12H2,(H,19,21)/t13-,15+,16-/m0/s1. The van der Waals surface area contributed by atoms with E-state index in [1.807, 2.05) is 22.9 Å². The Morgan fingerprint density at radius 2 is 2.10 bits per heavy atom. The summed E-state index contributed by atoms with van der Waals surface area (Å²) < 4.78 is 2.02. The van der Waals surface area contributed by atoms with Crippen LogP contribution >= 0.6 is 0 Å². The lowest BCUT2D eigenvalue weighted by atomic mass is 9.94. The average molecular weight is 280 g/mol. The van der Waals surface area contributed by atoms with Crippen LogP contribution in [0.2, 0.25) is 0 Å². The molecule has 1 amide bonds. The molecule has 0 saturated heterocycles. The van der Waals surface area contributed by atoms with Crippen molar-refractivity contribution in [3.05, 3.63) is 48.7 Å². The summed E-state index contributed by atoms with van der Waals surface area (Å²) in [6.07, 6.45) is 9.21. The van der Waals surface area contributed by atoms with Gasteiger partial charge >= 0.3 is 0 Å². The van der Waals surface area contributed by atoms with Gasteiger partial charge in [0.25, 0.3) is 0 Å². The van der Waals surface area contributed by atoms with Crippen LogP contribution in [0.1, 0.15) is 12.8 Å². The van der Waals surface area contributed by atoms with Crippen LogP contribution in [-0.2, 0) is 11.3 Å². The van der Waals surface area contributed by atoms with Crippen LogP contribution < -0.4 is 5.32 Å². The van der Waals surface area contributed by atoms with E-state index in [4.69, 9.17) is 0 Å². The van der Waals surface area contributed by atoms with Crippen molar-refractivity contribution in [3.63, 3.8) is 0 Å². The van der Waals surface area contributed by atoms with Crippen molar-refractivity contribution in [2.24, 2.45) is 17.8 Å². The van der Waals surface area contributed by atoms with Gasteiger partial charge in [0.05, 0.1) is 0 Å². The van der Waals surface area contributed by atoms with E-state index in [1.165, 1.54) is 18.2 Å². The fourth-order valence-corrected chi connectivity index (χ4v) is 3.86. The van der Waals surface area contributed by atoms with Crippen molar-refractivity contribution in [3.8, 4) is 0 Å². The summed E-state index contributed by atoms with van der Waals surface area (Å²) in [5.41, 5.74) is 1.12. The van der Waals surface area contributed by atoms with Crippen molar-refractivity contribution in [2.75, 3.05) is 6.54 Å². The molecule has 108 valence electrons. The molecule has 1 heterocycles. The van der Waals surface area contributed by atoms with Crippen LogP contribution in [0.3, 0.4) is 0 Å². The first-order valence-electron chi connectivity index (χ1n) is 7.78. The topological polar surface area (TPSA) is 34.0 Å². The molecule has 0 spiro atoms. The van der Waals surface area contributed by atoms with E-state index < -0.39 is 0 Å². The first-order valence-corrected chi connectivity index (χ1v) is 7.78. The number of carbonyl (C=O) groups excluding carboxylic acids is 1. The zero-order valence-electron chi connectivity index (χ0n) is 12.0. The maximum Gasteiger partial charge on any atom is 0.239 e. The Labute approximate surface area is 124 Å². The third-order valence-electron chi connectivity index (χ3n) is 4.97. The van der Waals surface area contributed by atoms with Crippen molar-refractivity contribution in [1.82, 2.24) is 9.88 Å². The summed E-state index contributed by atoms with van der Waals surface area (Å²) in [7, 11) is 0. The Hall–Kier alpha value is -2.03. The third-order valence-corrected chi connectivity index (χ3v) is 4.97. The number of nitrogens with zero attached hydrogens (tertiary/aromatic N) is 1. The molecule has 3 nitrogen and oxygen atoms in total. The lowest BCUT2D eigenvalue weighted by Gasteiger charge is -2.18. The van der Waals surface area contributed by atoms with Gasteiger partial charge in [-0.05, 0) is 48.1 Å². The Kier molecular flexibility index (Phi) is 3.06. The van der Waals surface area contributed by atoms with Crippen LogP contribution in [0.15, 0.2) is 48.7 Å². The van der Waals surface area contributed by atoms with Gasteiger partial charge in [0.15, 0.2) is 0 Å². The monoisotopic (exact) mass is 280 g/mol. The third kappa shape index (κ3) is 2.37. The van der Waals surface area contributed by atoms with E-state index in [0.29, 0.717) is 18.4 Å². The van der Waals surface area contributed by atoms with Crippen molar-refractivity contribution in [2.45, 2.75) is 19.4 Å². The normalized spacial score (nSPS) is 26.6. The van der Waals surface area contributed by atoms with Crippen LogP contribution in [-0.4, -0.2) is 17.0 Å². The lowest BCUT2D eigenvalue weighted by molar-refractivity contribution is -0.121. The molecule has 3 atom stereocenters. The molecule has 3 heteroatoms. The number of aromatic nitrogens is 1. The summed E-state index contributed by atoms with van der Waals surface area (Å²) in [5.74, 6) is 2.22. The number of carbonyl (C=O) groups is 1. The fourth-order valence-electron chi connectivity index (χ4n) is 3.86. The van der Waals surface area contributed by atoms with E-state index >= 15 is 0 Å². The number of nitrogens with one attached hydrogen (secondary N) is 1. The number of rotatable bonds is 4. The highest BCUT2D eigenvalue weighted by Gasteiger charge is 2.35. The first kappa shape index (κ1) is 12.7. The number of amides is 1. The molecule has 0 radical (unpaired) electrons. The predicted octanol–water partition coefficient (Wildman–Crippen LogP) is 2.97. The van der Waals surface area contributed by atoms with E-state index in [2.05, 4.69) is 35.7 Å². The van der Waals surface area contributed by atoms with Gasteiger partial charge < -0.3 is 9.88 Å². The molecule has 1 aromatic carbocycles. The number of fused-ring (bicyclic) bond motifs is 3. The molecule has 2 bridgehead atoms. The van der Waals surface area contributed by atoms with Gasteiger partial charge in [0, 0.05) is 18.3 Å². The maximum absolute atomic E-state index is 12.2. The van der Waals surface area contributed by atoms with Gasteiger partial charge in [-0.15, -0.1) is 0 Å². The molecule has 1 fully saturated rings. The summed E-state index contributed by atoms with van der Waals surface area (Å²) in [5, 5.41) is 4.30. The minimum absolute atomic E-state index is 0.114. The largest absolute Gasteiger partial charge is 0.354 e. The number of benzene rings is 1.